The van der Waals surface area contributed by atoms with Gasteiger partial charge in [0.25, 0.3) is 0 Å². The lowest BCUT2D eigenvalue weighted by Crippen LogP contribution is -2.53. The Morgan fingerprint density at radius 3 is 2.80 bits per heavy atom. The number of rotatable bonds is 2. The molecule has 0 radical (unpaired) electrons. The molecule has 3 amide bonds. The summed E-state index contributed by atoms with van der Waals surface area (Å²) in [4.78, 5) is 36.9. The maximum atomic E-state index is 12.2. The molecule has 104 valence electrons. The van der Waals surface area contributed by atoms with E-state index in [9.17, 15) is 14.4 Å². The van der Waals surface area contributed by atoms with E-state index in [1.54, 1.807) is 0 Å². The summed E-state index contributed by atoms with van der Waals surface area (Å²) in [6, 6.07) is 5.05. The molecule has 1 fully saturated rings. The topological polar surface area (TPSA) is 78.5 Å². The minimum atomic E-state index is -0.582. The van der Waals surface area contributed by atoms with E-state index in [1.807, 2.05) is 25.2 Å². The second-order valence-electron chi connectivity index (χ2n) is 5.00. The Kier molecular flexibility index (Phi) is 2.93. The number of nitrogens with one attached hydrogen (secondary N) is 2. The fraction of sp³-hybridized carbons (Fsp3) is 0.357. The Labute approximate surface area is 116 Å². The monoisotopic (exact) mass is 273 g/mol. The third kappa shape index (κ3) is 1.93. The van der Waals surface area contributed by atoms with Gasteiger partial charge in [-0.15, -0.1) is 0 Å². The van der Waals surface area contributed by atoms with Gasteiger partial charge in [0.2, 0.25) is 17.7 Å². The molecule has 2 aliphatic rings. The molecule has 2 aliphatic heterocycles. The van der Waals surface area contributed by atoms with Crippen LogP contribution in [0.3, 0.4) is 0 Å². The Bertz CT molecular complexity index is 612. The van der Waals surface area contributed by atoms with E-state index in [4.69, 9.17) is 0 Å². The van der Waals surface area contributed by atoms with Gasteiger partial charge in [-0.2, -0.15) is 0 Å². The van der Waals surface area contributed by atoms with Crippen LogP contribution in [0.15, 0.2) is 18.2 Å². The van der Waals surface area contributed by atoms with Crippen molar-refractivity contribution in [2.24, 2.45) is 0 Å². The van der Waals surface area contributed by atoms with Gasteiger partial charge in [0, 0.05) is 24.8 Å². The quantitative estimate of drug-likeness (QED) is 0.766. The van der Waals surface area contributed by atoms with Gasteiger partial charge < -0.3 is 5.32 Å². The van der Waals surface area contributed by atoms with Crippen LogP contribution in [-0.2, 0) is 20.8 Å². The van der Waals surface area contributed by atoms with Crippen molar-refractivity contribution in [3.63, 3.8) is 0 Å². The standard InChI is InChI=1S/C14H15N3O3/c1-15-9-2-3-10-8(6-9)7-13(19)17(10)11-4-5-12(18)16-14(11)20/h2-3,6,11,15H,4-5,7H2,1H3,(H,16,18,20). The summed E-state index contributed by atoms with van der Waals surface area (Å²) < 4.78 is 0. The normalized spacial score (nSPS) is 21.8. The molecule has 1 atom stereocenters. The van der Waals surface area contributed by atoms with E-state index >= 15 is 0 Å². The SMILES string of the molecule is CNc1ccc2c(c1)CC(=O)N2C1CCC(=O)NC1=O. The van der Waals surface area contributed by atoms with Crippen molar-refractivity contribution in [3.8, 4) is 0 Å². The number of imide groups is 1. The molecule has 0 saturated carbocycles. The Morgan fingerprint density at radius 1 is 1.30 bits per heavy atom. The van der Waals surface area contributed by atoms with Gasteiger partial charge >= 0.3 is 0 Å². The molecule has 3 rings (SSSR count). The number of nitrogens with zero attached hydrogens (tertiary/aromatic N) is 1. The number of piperidine rings is 1. The number of hydrogen-bond acceptors (Lipinski definition) is 4. The van der Waals surface area contributed by atoms with Crippen LogP contribution in [0.1, 0.15) is 18.4 Å². The molecule has 2 N–H and O–H groups in total. The molecule has 0 spiro atoms. The average Bonchev–Trinajstić information content (AvgIpc) is 2.74. The summed E-state index contributed by atoms with van der Waals surface area (Å²) in [6.07, 6.45) is 0.941. The lowest BCUT2D eigenvalue weighted by molar-refractivity contribution is -0.135. The third-order valence-electron chi connectivity index (χ3n) is 3.76. The van der Waals surface area contributed by atoms with Gasteiger partial charge in [0.1, 0.15) is 6.04 Å². The predicted octanol–water partition coefficient (Wildman–Crippen LogP) is 0.423. The number of hydrogen-bond donors (Lipinski definition) is 2. The van der Waals surface area contributed by atoms with E-state index in [0.717, 1.165) is 16.9 Å². The fourth-order valence-electron chi connectivity index (χ4n) is 2.77. The molecule has 0 aromatic heterocycles. The van der Waals surface area contributed by atoms with Gasteiger partial charge in [-0.3, -0.25) is 24.6 Å². The van der Waals surface area contributed by atoms with Gasteiger partial charge in [0.15, 0.2) is 0 Å². The molecule has 6 nitrogen and oxygen atoms in total. The Balaban J connectivity index is 1.94. The van der Waals surface area contributed by atoms with Gasteiger partial charge in [0.05, 0.1) is 6.42 Å². The highest BCUT2D eigenvalue weighted by Crippen LogP contribution is 2.34. The van der Waals surface area contributed by atoms with Crippen molar-refractivity contribution in [2.45, 2.75) is 25.3 Å². The minimum absolute atomic E-state index is 0.0947. The van der Waals surface area contributed by atoms with Crippen LogP contribution in [0.4, 0.5) is 11.4 Å². The predicted molar refractivity (Wildman–Crippen MR) is 73.4 cm³/mol. The highest BCUT2D eigenvalue weighted by Gasteiger charge is 2.39. The summed E-state index contributed by atoms with van der Waals surface area (Å²) in [7, 11) is 1.82. The van der Waals surface area contributed by atoms with Crippen molar-refractivity contribution >= 4 is 29.1 Å². The lowest BCUT2D eigenvalue weighted by atomic mass is 10.0. The highest BCUT2D eigenvalue weighted by atomic mass is 16.2. The van der Waals surface area contributed by atoms with Crippen molar-refractivity contribution in [1.82, 2.24) is 5.32 Å². The largest absolute Gasteiger partial charge is 0.388 e. The van der Waals surface area contributed by atoms with E-state index in [1.165, 1.54) is 4.90 Å². The summed E-state index contributed by atoms with van der Waals surface area (Å²) >= 11 is 0. The first-order chi connectivity index (χ1) is 9.60. The molecular weight excluding hydrogens is 258 g/mol. The third-order valence-corrected chi connectivity index (χ3v) is 3.76. The first-order valence-electron chi connectivity index (χ1n) is 6.56. The van der Waals surface area contributed by atoms with Crippen molar-refractivity contribution in [3.05, 3.63) is 23.8 Å². The summed E-state index contributed by atoms with van der Waals surface area (Å²) in [5.74, 6) is -0.758. The lowest BCUT2D eigenvalue weighted by Gasteiger charge is -2.30. The summed E-state index contributed by atoms with van der Waals surface area (Å²) in [5, 5.41) is 5.32. The first-order valence-corrected chi connectivity index (χ1v) is 6.56. The van der Waals surface area contributed by atoms with E-state index < -0.39 is 6.04 Å². The molecule has 1 aromatic rings. The van der Waals surface area contributed by atoms with Crippen LogP contribution in [0.2, 0.25) is 0 Å². The maximum Gasteiger partial charge on any atom is 0.249 e. The van der Waals surface area contributed by atoms with E-state index in [2.05, 4.69) is 10.6 Å². The zero-order valence-electron chi connectivity index (χ0n) is 11.1. The van der Waals surface area contributed by atoms with E-state index in [0.29, 0.717) is 12.8 Å². The highest BCUT2D eigenvalue weighted by molar-refractivity contribution is 6.10. The first kappa shape index (κ1) is 12.7. The molecule has 1 unspecified atom stereocenters. The van der Waals surface area contributed by atoms with Crippen LogP contribution in [0.25, 0.3) is 0 Å². The number of anilines is 2. The van der Waals surface area contributed by atoms with Crippen LogP contribution < -0.4 is 15.5 Å². The van der Waals surface area contributed by atoms with Crippen molar-refractivity contribution in [1.29, 1.82) is 0 Å². The number of carbonyl (C=O) groups is 3. The molecule has 1 aromatic carbocycles. The zero-order valence-corrected chi connectivity index (χ0v) is 11.1. The summed E-state index contributed by atoms with van der Waals surface area (Å²) in [6.45, 7) is 0. The molecule has 6 heteroatoms. The number of amides is 3. The number of carbonyl (C=O) groups excluding carboxylic acids is 3. The Hall–Kier alpha value is -2.37. The van der Waals surface area contributed by atoms with Gasteiger partial charge in [-0.1, -0.05) is 0 Å². The minimum Gasteiger partial charge on any atom is -0.388 e. The Morgan fingerprint density at radius 2 is 2.10 bits per heavy atom. The van der Waals surface area contributed by atoms with Gasteiger partial charge in [-0.25, -0.2) is 0 Å². The smallest absolute Gasteiger partial charge is 0.249 e. The van der Waals surface area contributed by atoms with Crippen molar-refractivity contribution < 1.29 is 14.4 Å². The molecule has 1 saturated heterocycles. The molecule has 0 bridgehead atoms. The summed E-state index contributed by atoms with van der Waals surface area (Å²) in [5.41, 5.74) is 2.61. The fourth-order valence-corrected chi connectivity index (χ4v) is 2.77. The molecule has 20 heavy (non-hydrogen) atoms. The van der Waals surface area contributed by atoms with Gasteiger partial charge in [-0.05, 0) is 30.2 Å². The molecule has 2 heterocycles. The molecular formula is C14H15N3O3. The van der Waals surface area contributed by atoms with Crippen LogP contribution in [0, 0.1) is 0 Å². The maximum absolute atomic E-state index is 12.2. The zero-order chi connectivity index (χ0) is 14.3. The van der Waals surface area contributed by atoms with E-state index in [-0.39, 0.29) is 24.1 Å². The number of benzene rings is 1. The number of fused-ring (bicyclic) bond motifs is 1. The average molecular weight is 273 g/mol. The van der Waals surface area contributed by atoms with Crippen LogP contribution in [0.5, 0.6) is 0 Å². The second-order valence-corrected chi connectivity index (χ2v) is 5.00. The van der Waals surface area contributed by atoms with Crippen LogP contribution in [-0.4, -0.2) is 30.8 Å². The van der Waals surface area contributed by atoms with Crippen LogP contribution >= 0.6 is 0 Å². The van der Waals surface area contributed by atoms with Crippen molar-refractivity contribution in [2.75, 3.05) is 17.3 Å². The second kappa shape index (κ2) is 4.63. The molecule has 0 aliphatic carbocycles.